The highest BCUT2D eigenvalue weighted by atomic mass is 16.5. The molecule has 3 aliphatic rings. The number of amides is 3. The standard InChI is InChI=1S/C33H45N5O6/c1-37(31(43)13-15-38-19-23-7-5-8-24(23)20-38)14-3-2-10-29(41)35-25-9-4-6-22(16-25)17-34-18-28(40)26-11-12-27(39)32-33(26)44-21-30(42)36-32/h4,6,9,11-12,16,23-24,28,34,39-40H,2-3,5,7-8,10,13-15,17-21H2,1H3,(H,35,41)(H,36,42)/t23?,24?,28-/m0/s1. The van der Waals surface area contributed by atoms with E-state index in [-0.39, 0.29) is 48.1 Å². The van der Waals surface area contributed by atoms with E-state index in [0.717, 1.165) is 43.5 Å². The van der Waals surface area contributed by atoms with Gasteiger partial charge in [0.25, 0.3) is 5.91 Å². The Hall–Kier alpha value is -3.67. The average Bonchev–Trinajstić information content (AvgIpc) is 3.61. The van der Waals surface area contributed by atoms with Crippen molar-refractivity contribution in [2.45, 2.75) is 57.6 Å². The first kappa shape index (κ1) is 31.7. The Morgan fingerprint density at radius 1 is 1.14 bits per heavy atom. The number of aliphatic hydroxyl groups excluding tert-OH is 1. The molecule has 238 valence electrons. The molecule has 5 N–H and O–H groups in total. The summed E-state index contributed by atoms with van der Waals surface area (Å²) in [7, 11) is 1.85. The van der Waals surface area contributed by atoms with E-state index in [1.807, 2.05) is 31.3 Å². The van der Waals surface area contributed by atoms with Gasteiger partial charge < -0.3 is 40.7 Å². The third-order valence-corrected chi connectivity index (χ3v) is 9.03. The minimum absolute atomic E-state index is 0.0664. The molecule has 5 rings (SSSR count). The highest BCUT2D eigenvalue weighted by molar-refractivity contribution is 5.97. The number of unbranched alkanes of at least 4 members (excludes halogenated alkanes) is 1. The van der Waals surface area contributed by atoms with Crippen LogP contribution in [-0.4, -0.2) is 84.1 Å². The van der Waals surface area contributed by atoms with Gasteiger partial charge in [-0.15, -0.1) is 0 Å². The lowest BCUT2D eigenvalue weighted by molar-refractivity contribution is -0.130. The molecule has 11 heteroatoms. The molecule has 0 radical (unpaired) electrons. The van der Waals surface area contributed by atoms with Crippen LogP contribution in [0.4, 0.5) is 11.4 Å². The first-order valence-electron chi connectivity index (χ1n) is 15.8. The van der Waals surface area contributed by atoms with Gasteiger partial charge in [-0.1, -0.05) is 18.6 Å². The highest BCUT2D eigenvalue weighted by Gasteiger charge is 2.35. The number of likely N-dealkylation sites (tertiary alicyclic amines) is 1. The van der Waals surface area contributed by atoms with Crippen LogP contribution in [0.3, 0.4) is 0 Å². The van der Waals surface area contributed by atoms with Crippen molar-refractivity contribution < 1.29 is 29.3 Å². The van der Waals surface area contributed by atoms with Crippen molar-refractivity contribution in [3.8, 4) is 11.5 Å². The molecule has 11 nitrogen and oxygen atoms in total. The molecule has 1 saturated heterocycles. The summed E-state index contributed by atoms with van der Waals surface area (Å²) < 4.78 is 5.46. The number of aromatic hydroxyl groups is 1. The molecule has 3 atom stereocenters. The van der Waals surface area contributed by atoms with Gasteiger partial charge in [0.1, 0.15) is 11.4 Å². The highest BCUT2D eigenvalue weighted by Crippen LogP contribution is 2.41. The number of anilines is 2. The summed E-state index contributed by atoms with van der Waals surface area (Å²) in [5.74, 6) is 1.58. The number of phenolic OH excluding ortho intramolecular Hbond substituents is 1. The Balaban J connectivity index is 0.976. The number of carbonyl (C=O) groups excluding carboxylic acids is 3. The lowest BCUT2D eigenvalue weighted by Gasteiger charge is -2.24. The summed E-state index contributed by atoms with van der Waals surface area (Å²) in [5.41, 5.74) is 2.26. The smallest absolute Gasteiger partial charge is 0.262 e. The number of rotatable bonds is 14. The molecule has 2 unspecified atom stereocenters. The Morgan fingerprint density at radius 2 is 1.93 bits per heavy atom. The van der Waals surface area contributed by atoms with Crippen molar-refractivity contribution in [1.29, 1.82) is 0 Å². The number of aliphatic hydroxyl groups is 1. The van der Waals surface area contributed by atoms with Crippen molar-refractivity contribution in [1.82, 2.24) is 15.1 Å². The zero-order valence-corrected chi connectivity index (χ0v) is 25.5. The van der Waals surface area contributed by atoms with Crippen LogP contribution in [0.2, 0.25) is 0 Å². The van der Waals surface area contributed by atoms with Crippen LogP contribution < -0.4 is 20.7 Å². The van der Waals surface area contributed by atoms with Gasteiger partial charge in [0.05, 0.1) is 6.10 Å². The van der Waals surface area contributed by atoms with Crippen LogP contribution in [0.1, 0.15) is 62.2 Å². The number of fused-ring (bicyclic) bond motifs is 2. The maximum absolute atomic E-state index is 12.6. The number of ether oxygens (including phenoxy) is 1. The van der Waals surface area contributed by atoms with E-state index in [4.69, 9.17) is 4.74 Å². The van der Waals surface area contributed by atoms with Crippen molar-refractivity contribution in [3.63, 3.8) is 0 Å². The summed E-state index contributed by atoms with van der Waals surface area (Å²) in [6, 6.07) is 10.5. The summed E-state index contributed by atoms with van der Waals surface area (Å²) in [6.45, 7) is 4.29. The fraction of sp³-hybridized carbons (Fsp3) is 0.545. The first-order chi connectivity index (χ1) is 21.3. The second-order valence-electron chi connectivity index (χ2n) is 12.3. The lowest BCUT2D eigenvalue weighted by atomic mass is 10.0. The van der Waals surface area contributed by atoms with E-state index in [9.17, 15) is 24.6 Å². The quantitative estimate of drug-likeness (QED) is 0.163. The predicted octanol–water partition coefficient (Wildman–Crippen LogP) is 3.24. The van der Waals surface area contributed by atoms with Gasteiger partial charge in [0.15, 0.2) is 12.4 Å². The Morgan fingerprint density at radius 3 is 2.73 bits per heavy atom. The van der Waals surface area contributed by atoms with Crippen molar-refractivity contribution in [2.75, 3.05) is 57.0 Å². The number of benzene rings is 2. The SMILES string of the molecule is CN(CCCCC(=O)Nc1cccc(CNC[C@H](O)c2ccc(O)c3c2OCC(=O)N3)c1)C(=O)CCN1CC2CCCC2C1. The minimum atomic E-state index is -0.929. The van der Waals surface area contributed by atoms with E-state index >= 15 is 0 Å². The number of hydrogen-bond donors (Lipinski definition) is 5. The summed E-state index contributed by atoms with van der Waals surface area (Å²) in [6.07, 6.45) is 5.56. The molecule has 1 saturated carbocycles. The van der Waals surface area contributed by atoms with E-state index < -0.39 is 6.10 Å². The molecule has 2 aromatic carbocycles. The summed E-state index contributed by atoms with van der Waals surface area (Å²) >= 11 is 0. The van der Waals surface area contributed by atoms with Crippen LogP contribution in [0.5, 0.6) is 11.5 Å². The maximum Gasteiger partial charge on any atom is 0.262 e. The average molecular weight is 608 g/mol. The van der Waals surface area contributed by atoms with Crippen LogP contribution >= 0.6 is 0 Å². The lowest BCUT2D eigenvalue weighted by Crippen LogP contribution is -2.32. The van der Waals surface area contributed by atoms with Crippen LogP contribution in [-0.2, 0) is 20.9 Å². The van der Waals surface area contributed by atoms with Crippen molar-refractivity contribution >= 4 is 29.1 Å². The first-order valence-corrected chi connectivity index (χ1v) is 15.8. The third kappa shape index (κ3) is 8.28. The van der Waals surface area contributed by atoms with Gasteiger partial charge >= 0.3 is 0 Å². The largest absolute Gasteiger partial charge is 0.506 e. The van der Waals surface area contributed by atoms with E-state index in [1.54, 1.807) is 11.0 Å². The van der Waals surface area contributed by atoms with E-state index in [2.05, 4.69) is 20.9 Å². The zero-order chi connectivity index (χ0) is 31.1. The summed E-state index contributed by atoms with van der Waals surface area (Å²) in [5, 5.41) is 29.5. The van der Waals surface area contributed by atoms with Gasteiger partial charge in [0, 0.05) is 70.4 Å². The van der Waals surface area contributed by atoms with Gasteiger partial charge in [-0.05, 0) is 67.3 Å². The third-order valence-electron chi connectivity index (χ3n) is 9.03. The monoisotopic (exact) mass is 607 g/mol. The number of nitrogens with one attached hydrogen (secondary N) is 3. The molecule has 0 spiro atoms. The van der Waals surface area contributed by atoms with Crippen LogP contribution in [0, 0.1) is 11.8 Å². The van der Waals surface area contributed by atoms with E-state index in [0.29, 0.717) is 43.6 Å². The minimum Gasteiger partial charge on any atom is -0.506 e. The zero-order valence-electron chi connectivity index (χ0n) is 25.5. The van der Waals surface area contributed by atoms with Crippen LogP contribution in [0.15, 0.2) is 36.4 Å². The molecular formula is C33H45N5O6. The van der Waals surface area contributed by atoms with Crippen LogP contribution in [0.25, 0.3) is 0 Å². The number of hydrogen-bond acceptors (Lipinski definition) is 8. The molecule has 2 aromatic rings. The second kappa shape index (κ2) is 14.9. The van der Waals surface area contributed by atoms with Gasteiger partial charge in [-0.25, -0.2) is 0 Å². The second-order valence-corrected chi connectivity index (χ2v) is 12.3. The Labute approximate surface area is 258 Å². The van der Waals surface area contributed by atoms with Gasteiger partial charge in [-0.3, -0.25) is 14.4 Å². The van der Waals surface area contributed by atoms with Gasteiger partial charge in [0.2, 0.25) is 11.8 Å². The Bertz CT molecular complexity index is 1320. The predicted molar refractivity (Wildman–Crippen MR) is 167 cm³/mol. The number of phenols is 1. The maximum atomic E-state index is 12.6. The molecule has 1 aliphatic carbocycles. The van der Waals surface area contributed by atoms with Crippen molar-refractivity contribution in [2.24, 2.45) is 11.8 Å². The molecule has 2 heterocycles. The fourth-order valence-electron chi connectivity index (χ4n) is 6.60. The number of nitrogens with zero attached hydrogens (tertiary/aromatic N) is 2. The number of carbonyl (C=O) groups is 3. The summed E-state index contributed by atoms with van der Waals surface area (Å²) in [4.78, 5) is 41.0. The molecule has 2 aliphatic heterocycles. The molecule has 0 aromatic heterocycles. The molecule has 0 bridgehead atoms. The topological polar surface area (TPSA) is 143 Å². The molecule has 2 fully saturated rings. The normalized spacial score (nSPS) is 19.9. The molecular weight excluding hydrogens is 562 g/mol. The fourth-order valence-corrected chi connectivity index (χ4v) is 6.60. The molecule has 44 heavy (non-hydrogen) atoms. The van der Waals surface area contributed by atoms with E-state index in [1.165, 1.54) is 25.3 Å². The molecule has 3 amide bonds. The van der Waals surface area contributed by atoms with Gasteiger partial charge in [-0.2, -0.15) is 0 Å². The Kier molecular flexibility index (Phi) is 10.7. The van der Waals surface area contributed by atoms with Crippen molar-refractivity contribution in [3.05, 3.63) is 47.5 Å².